The Bertz CT molecular complexity index is 877. The SMILES string of the molecule is COC(=O)[C@@H]1c2c(oc3cc(C)cc(OC)c3c2=O)C=C[C@H]1O. The van der Waals surface area contributed by atoms with Crippen molar-refractivity contribution >= 4 is 23.0 Å². The van der Waals surface area contributed by atoms with E-state index in [1.54, 1.807) is 12.1 Å². The molecule has 2 aromatic rings. The smallest absolute Gasteiger partial charge is 0.316 e. The van der Waals surface area contributed by atoms with E-state index in [-0.39, 0.29) is 16.7 Å². The maximum absolute atomic E-state index is 12.9. The van der Waals surface area contributed by atoms with E-state index in [0.29, 0.717) is 11.3 Å². The van der Waals surface area contributed by atoms with Crippen LogP contribution in [0.2, 0.25) is 0 Å². The molecule has 1 aromatic carbocycles. The first-order valence-corrected chi connectivity index (χ1v) is 7.07. The molecule has 0 spiro atoms. The second-order valence-corrected chi connectivity index (χ2v) is 5.40. The van der Waals surface area contributed by atoms with Gasteiger partial charge in [-0.2, -0.15) is 0 Å². The lowest BCUT2D eigenvalue weighted by Crippen LogP contribution is -2.33. The minimum Gasteiger partial charge on any atom is -0.496 e. The second-order valence-electron chi connectivity index (χ2n) is 5.40. The van der Waals surface area contributed by atoms with Crippen molar-refractivity contribution in [2.45, 2.75) is 18.9 Å². The predicted octanol–water partition coefficient (Wildman–Crippen LogP) is 1.75. The molecule has 0 radical (unpaired) electrons. The molecule has 1 heterocycles. The summed E-state index contributed by atoms with van der Waals surface area (Å²) in [5.41, 5.74) is 0.926. The van der Waals surface area contributed by atoms with Crippen LogP contribution >= 0.6 is 0 Å². The Kier molecular flexibility index (Phi) is 3.69. The molecule has 0 saturated heterocycles. The number of benzene rings is 1. The molecule has 0 fully saturated rings. The summed E-state index contributed by atoms with van der Waals surface area (Å²) in [7, 11) is 2.67. The highest BCUT2D eigenvalue weighted by Crippen LogP contribution is 2.34. The van der Waals surface area contributed by atoms with Gasteiger partial charge in [0.15, 0.2) is 0 Å². The maximum atomic E-state index is 12.9. The second kappa shape index (κ2) is 5.55. The number of ether oxygens (including phenoxy) is 2. The fourth-order valence-electron chi connectivity index (χ4n) is 2.88. The van der Waals surface area contributed by atoms with Crippen LogP contribution in [0.15, 0.2) is 27.4 Å². The zero-order valence-electron chi connectivity index (χ0n) is 13.0. The van der Waals surface area contributed by atoms with Gasteiger partial charge >= 0.3 is 5.97 Å². The third-order valence-corrected chi connectivity index (χ3v) is 3.94. The van der Waals surface area contributed by atoms with Gasteiger partial charge in [-0.3, -0.25) is 9.59 Å². The number of aliphatic hydroxyl groups is 1. The standard InChI is InChI=1S/C17H16O6/c1-8-6-11(21-2)14-12(7-8)23-10-5-4-9(18)13(17(20)22-3)15(10)16(14)19/h4-7,9,13,18H,1-3H3/t9-,13+/m1/s1. The number of hydrogen-bond donors (Lipinski definition) is 1. The molecule has 0 bridgehead atoms. The average Bonchev–Trinajstić information content (AvgIpc) is 2.53. The quantitative estimate of drug-likeness (QED) is 0.850. The van der Waals surface area contributed by atoms with Gasteiger partial charge in [0.05, 0.1) is 25.9 Å². The van der Waals surface area contributed by atoms with Crippen molar-refractivity contribution in [2.75, 3.05) is 14.2 Å². The monoisotopic (exact) mass is 316 g/mol. The summed E-state index contributed by atoms with van der Waals surface area (Å²) in [5, 5.41) is 10.3. The Hall–Kier alpha value is -2.60. The fourth-order valence-corrected chi connectivity index (χ4v) is 2.88. The van der Waals surface area contributed by atoms with Crippen LogP contribution in [0.5, 0.6) is 5.75 Å². The normalized spacial score (nSPS) is 19.5. The van der Waals surface area contributed by atoms with E-state index in [9.17, 15) is 14.7 Å². The first-order chi connectivity index (χ1) is 11.0. The Morgan fingerprint density at radius 1 is 1.30 bits per heavy atom. The lowest BCUT2D eigenvalue weighted by Gasteiger charge is -2.23. The number of carbonyl (C=O) groups is 1. The Balaban J connectivity index is 2.40. The van der Waals surface area contributed by atoms with Gasteiger partial charge in [-0.05, 0) is 30.7 Å². The van der Waals surface area contributed by atoms with Gasteiger partial charge in [0.25, 0.3) is 0 Å². The maximum Gasteiger partial charge on any atom is 0.316 e. The summed E-state index contributed by atoms with van der Waals surface area (Å²) in [6.07, 6.45) is 1.76. The third kappa shape index (κ3) is 2.31. The van der Waals surface area contributed by atoms with Gasteiger partial charge in [0.1, 0.15) is 28.4 Å². The van der Waals surface area contributed by atoms with Gasteiger partial charge in [-0.1, -0.05) is 6.08 Å². The number of rotatable bonds is 2. The van der Waals surface area contributed by atoms with Crippen molar-refractivity contribution in [1.29, 1.82) is 0 Å². The molecule has 120 valence electrons. The molecule has 2 atom stereocenters. The van der Waals surface area contributed by atoms with E-state index in [2.05, 4.69) is 0 Å². The lowest BCUT2D eigenvalue weighted by atomic mass is 9.87. The average molecular weight is 316 g/mol. The largest absolute Gasteiger partial charge is 0.496 e. The zero-order chi connectivity index (χ0) is 16.7. The predicted molar refractivity (Wildman–Crippen MR) is 83.6 cm³/mol. The zero-order valence-corrected chi connectivity index (χ0v) is 13.0. The van der Waals surface area contributed by atoms with Gasteiger partial charge in [0.2, 0.25) is 5.43 Å². The first-order valence-electron chi connectivity index (χ1n) is 7.07. The molecule has 0 aliphatic heterocycles. The van der Waals surface area contributed by atoms with Gasteiger partial charge in [0, 0.05) is 0 Å². The third-order valence-electron chi connectivity index (χ3n) is 3.94. The van der Waals surface area contributed by atoms with E-state index in [0.717, 1.165) is 5.56 Å². The number of carbonyl (C=O) groups excluding carboxylic acids is 1. The number of aryl methyl sites for hydroxylation is 1. The summed E-state index contributed by atoms with van der Waals surface area (Å²) in [5.74, 6) is -1.20. The highest BCUT2D eigenvalue weighted by molar-refractivity contribution is 5.89. The Morgan fingerprint density at radius 2 is 2.04 bits per heavy atom. The molecule has 0 amide bonds. The highest BCUT2D eigenvalue weighted by atomic mass is 16.5. The van der Waals surface area contributed by atoms with Crippen molar-refractivity contribution < 1.29 is 23.8 Å². The lowest BCUT2D eigenvalue weighted by molar-refractivity contribution is -0.144. The fraction of sp³-hybridized carbons (Fsp3) is 0.294. The molecule has 1 N–H and O–H groups in total. The Morgan fingerprint density at radius 3 is 2.70 bits per heavy atom. The number of fused-ring (bicyclic) bond motifs is 2. The van der Waals surface area contributed by atoms with E-state index in [4.69, 9.17) is 13.9 Å². The molecule has 1 aromatic heterocycles. The van der Waals surface area contributed by atoms with Crippen LogP contribution in [0, 0.1) is 6.92 Å². The molecule has 1 aliphatic rings. The molecule has 0 saturated carbocycles. The summed E-state index contributed by atoms with van der Waals surface area (Å²) < 4.78 is 15.8. The number of esters is 1. The van der Waals surface area contributed by atoms with Crippen molar-refractivity contribution in [3.8, 4) is 5.75 Å². The highest BCUT2D eigenvalue weighted by Gasteiger charge is 2.36. The molecule has 0 unspecified atom stereocenters. The summed E-state index contributed by atoms with van der Waals surface area (Å²) in [6.45, 7) is 1.86. The van der Waals surface area contributed by atoms with E-state index < -0.39 is 23.4 Å². The molecule has 1 aliphatic carbocycles. The van der Waals surface area contributed by atoms with Crippen LogP contribution in [0.1, 0.15) is 22.8 Å². The first kappa shape index (κ1) is 15.3. The number of methoxy groups -OCH3 is 2. The molecular weight excluding hydrogens is 300 g/mol. The van der Waals surface area contributed by atoms with Crippen LogP contribution < -0.4 is 10.2 Å². The van der Waals surface area contributed by atoms with Gasteiger partial charge in [-0.15, -0.1) is 0 Å². The van der Waals surface area contributed by atoms with Crippen LogP contribution in [0.4, 0.5) is 0 Å². The van der Waals surface area contributed by atoms with Gasteiger partial charge in [-0.25, -0.2) is 0 Å². The van der Waals surface area contributed by atoms with Crippen LogP contribution in [0.25, 0.3) is 17.0 Å². The Labute approximate surface area is 131 Å². The van der Waals surface area contributed by atoms with Crippen molar-refractivity contribution in [2.24, 2.45) is 0 Å². The minimum absolute atomic E-state index is 0.0847. The van der Waals surface area contributed by atoms with E-state index in [1.165, 1.54) is 26.4 Å². The molecule has 3 rings (SSSR count). The summed E-state index contributed by atoms with van der Waals surface area (Å²) in [6, 6.07) is 3.44. The minimum atomic E-state index is -1.15. The number of hydrogen-bond acceptors (Lipinski definition) is 6. The van der Waals surface area contributed by atoms with Crippen molar-refractivity contribution in [3.63, 3.8) is 0 Å². The molecule has 23 heavy (non-hydrogen) atoms. The van der Waals surface area contributed by atoms with Gasteiger partial charge < -0.3 is 19.0 Å². The van der Waals surface area contributed by atoms with Crippen LogP contribution in [-0.2, 0) is 9.53 Å². The summed E-state index contributed by atoms with van der Waals surface area (Å²) >= 11 is 0. The molecule has 6 heteroatoms. The number of aliphatic hydroxyl groups excluding tert-OH is 1. The van der Waals surface area contributed by atoms with E-state index in [1.807, 2.05) is 6.92 Å². The van der Waals surface area contributed by atoms with Crippen LogP contribution in [-0.4, -0.2) is 31.4 Å². The van der Waals surface area contributed by atoms with Crippen LogP contribution in [0.3, 0.4) is 0 Å². The summed E-state index contributed by atoms with van der Waals surface area (Å²) in [4.78, 5) is 25.0. The van der Waals surface area contributed by atoms with Crippen molar-refractivity contribution in [1.82, 2.24) is 0 Å². The molecular formula is C17H16O6. The van der Waals surface area contributed by atoms with E-state index >= 15 is 0 Å². The topological polar surface area (TPSA) is 86.0 Å². The van der Waals surface area contributed by atoms with Crippen molar-refractivity contribution in [3.05, 3.63) is 45.3 Å². The molecule has 6 nitrogen and oxygen atoms in total.